The molecule has 0 radical (unpaired) electrons. The molecule has 0 atom stereocenters. The quantitative estimate of drug-likeness (QED) is 0.0505. The first-order valence-corrected chi connectivity index (χ1v) is 23.5. The van der Waals surface area contributed by atoms with Gasteiger partial charge in [0, 0.05) is 17.7 Å². The van der Waals surface area contributed by atoms with Crippen LogP contribution in [0.15, 0.2) is 5.16 Å². The molecule has 1 aromatic heterocycles. The Morgan fingerprint density at radius 2 is 0.755 bits per heavy atom. The molecule has 0 fully saturated rings. The molecule has 0 aliphatic carbocycles. The third-order valence-corrected chi connectivity index (χ3v) is 11.9. The molecule has 1 heterocycles. The minimum atomic E-state index is 0.223. The lowest BCUT2D eigenvalue weighted by Gasteiger charge is -2.23. The Morgan fingerprint density at radius 1 is 0.429 bits per heavy atom. The average Bonchev–Trinajstić information content (AvgIpc) is 3.46. The van der Waals surface area contributed by atoms with Crippen LogP contribution in [0, 0.1) is 0 Å². The van der Waals surface area contributed by atoms with Gasteiger partial charge in [-0.3, -0.25) is 0 Å². The van der Waals surface area contributed by atoms with Crippen LogP contribution in [0.5, 0.6) is 0 Å². The molecular formula is C45H89N3S. The summed E-state index contributed by atoms with van der Waals surface area (Å²) in [4.78, 5) is 5.13. The average molecular weight is 704 g/mol. The maximum atomic E-state index is 5.13. The van der Waals surface area contributed by atoms with E-state index in [-0.39, 0.29) is 4.75 Å². The maximum Gasteiger partial charge on any atom is 0.186 e. The fourth-order valence-electron chi connectivity index (χ4n) is 7.26. The summed E-state index contributed by atoms with van der Waals surface area (Å²) in [7, 11) is 0. The third kappa shape index (κ3) is 29.7. The molecule has 0 aliphatic rings. The highest BCUT2D eigenvalue weighted by Gasteiger charge is 2.23. The molecule has 0 N–H and O–H groups in total. The van der Waals surface area contributed by atoms with Crippen LogP contribution in [0.3, 0.4) is 0 Å². The van der Waals surface area contributed by atoms with Crippen LogP contribution < -0.4 is 0 Å². The zero-order valence-electron chi connectivity index (χ0n) is 34.4. The van der Waals surface area contributed by atoms with Crippen LogP contribution in [-0.4, -0.2) is 19.5 Å². The Kier molecular flexibility index (Phi) is 32.8. The Bertz CT molecular complexity index is 803. The smallest absolute Gasteiger partial charge is 0.186 e. The number of rotatable bonds is 39. The largest absolute Gasteiger partial charge is 0.241 e. The summed E-state index contributed by atoms with van der Waals surface area (Å²) >= 11 is 1.99. The van der Waals surface area contributed by atoms with E-state index in [1.165, 1.54) is 230 Å². The van der Waals surface area contributed by atoms with Gasteiger partial charge in [-0.05, 0) is 19.3 Å². The van der Waals surface area contributed by atoms with E-state index in [0.717, 1.165) is 18.8 Å². The molecule has 0 saturated carbocycles. The molecule has 0 amide bonds. The zero-order valence-corrected chi connectivity index (χ0v) is 35.2. The van der Waals surface area contributed by atoms with E-state index in [1.54, 1.807) is 0 Å². The van der Waals surface area contributed by atoms with Gasteiger partial charge >= 0.3 is 0 Å². The van der Waals surface area contributed by atoms with Crippen LogP contribution in [0.4, 0.5) is 0 Å². The van der Waals surface area contributed by atoms with Gasteiger partial charge in [-0.2, -0.15) is 5.10 Å². The minimum Gasteiger partial charge on any atom is -0.241 e. The molecule has 0 aromatic carbocycles. The van der Waals surface area contributed by atoms with Gasteiger partial charge in [-0.25, -0.2) is 9.67 Å². The molecular weight excluding hydrogens is 615 g/mol. The Balaban J connectivity index is 2.24. The molecule has 0 bridgehead atoms. The summed E-state index contributed by atoms with van der Waals surface area (Å²) in [6.45, 7) is 12.8. The van der Waals surface area contributed by atoms with E-state index in [1.807, 2.05) is 11.8 Å². The predicted molar refractivity (Wildman–Crippen MR) is 222 cm³/mol. The third-order valence-electron chi connectivity index (χ3n) is 10.7. The Labute approximate surface area is 313 Å². The van der Waals surface area contributed by atoms with Gasteiger partial charge in [0.05, 0.1) is 0 Å². The van der Waals surface area contributed by atoms with Crippen molar-refractivity contribution in [2.45, 2.75) is 282 Å². The van der Waals surface area contributed by atoms with Gasteiger partial charge in [0.1, 0.15) is 0 Å². The summed E-state index contributed by atoms with van der Waals surface area (Å²) in [5.41, 5.74) is 0. The molecule has 0 aliphatic heterocycles. The van der Waals surface area contributed by atoms with Crippen LogP contribution in [0.25, 0.3) is 0 Å². The number of thioether (sulfide) groups is 1. The topological polar surface area (TPSA) is 30.7 Å². The van der Waals surface area contributed by atoms with Crippen molar-refractivity contribution in [2.24, 2.45) is 0 Å². The second-order valence-electron chi connectivity index (χ2n) is 16.4. The minimum absolute atomic E-state index is 0.223. The van der Waals surface area contributed by atoms with Gasteiger partial charge in [0.2, 0.25) is 0 Å². The highest BCUT2D eigenvalue weighted by Crippen LogP contribution is 2.36. The molecule has 4 heteroatoms. The van der Waals surface area contributed by atoms with Crippen LogP contribution in [0.2, 0.25) is 0 Å². The highest BCUT2D eigenvalue weighted by atomic mass is 32.2. The summed E-state index contributed by atoms with van der Waals surface area (Å²) in [5, 5.41) is 6.27. The number of aryl methyl sites for hydroxylation is 2. The van der Waals surface area contributed by atoms with E-state index in [4.69, 9.17) is 10.1 Å². The number of unbranched alkanes of at least 4 members (excludes halogenated alkanes) is 31. The lowest BCUT2D eigenvalue weighted by molar-refractivity contribution is 0.486. The van der Waals surface area contributed by atoms with Crippen molar-refractivity contribution in [3.63, 3.8) is 0 Å². The van der Waals surface area contributed by atoms with Gasteiger partial charge in [0.25, 0.3) is 0 Å². The molecule has 1 rings (SSSR count). The monoisotopic (exact) mass is 704 g/mol. The van der Waals surface area contributed by atoms with Crippen molar-refractivity contribution < 1.29 is 0 Å². The van der Waals surface area contributed by atoms with Crippen molar-refractivity contribution in [3.05, 3.63) is 5.82 Å². The van der Waals surface area contributed by atoms with E-state index in [2.05, 4.69) is 39.3 Å². The van der Waals surface area contributed by atoms with E-state index >= 15 is 0 Å². The summed E-state index contributed by atoms with van der Waals surface area (Å²) in [6, 6.07) is 0. The lowest BCUT2D eigenvalue weighted by Crippen LogP contribution is -2.16. The normalized spacial score (nSPS) is 12.0. The Hall–Kier alpha value is -0.510. The summed E-state index contributed by atoms with van der Waals surface area (Å²) < 4.78 is 2.51. The Morgan fingerprint density at radius 3 is 1.14 bits per heavy atom. The SMILES string of the molecule is CCCCCCCCCCCCCCCCCCn1nc(CCCCCCCCCCCCCCCCC)nc1SC(C)(C)CCCCC. The van der Waals surface area contributed by atoms with Gasteiger partial charge in [-0.15, -0.1) is 0 Å². The summed E-state index contributed by atoms with van der Waals surface area (Å²) in [6.07, 6.45) is 50.1. The van der Waals surface area contributed by atoms with Crippen LogP contribution in [-0.2, 0) is 13.0 Å². The highest BCUT2D eigenvalue weighted by molar-refractivity contribution is 8.00. The first-order chi connectivity index (χ1) is 24.0. The lowest BCUT2D eigenvalue weighted by atomic mass is 10.0. The summed E-state index contributed by atoms with van der Waals surface area (Å²) in [5.74, 6) is 1.10. The predicted octanol–water partition coefficient (Wildman–Crippen LogP) is 16.4. The van der Waals surface area contributed by atoms with E-state index in [0.29, 0.717) is 0 Å². The molecule has 0 unspecified atom stereocenters. The second-order valence-corrected chi connectivity index (χ2v) is 18.0. The molecule has 3 nitrogen and oxygen atoms in total. The van der Waals surface area contributed by atoms with Gasteiger partial charge in [0.15, 0.2) is 11.0 Å². The van der Waals surface area contributed by atoms with Crippen molar-refractivity contribution >= 4 is 11.8 Å². The number of hydrogen-bond donors (Lipinski definition) is 0. The molecule has 1 aromatic rings. The standard InChI is InChI=1S/C45H89N3S/c1-6-9-12-14-16-18-20-22-24-26-28-30-32-34-36-39-42-48-44(49-45(4,5)41-38-11-8-3)46-43(47-48)40-37-35-33-31-29-27-25-23-21-19-17-15-13-10-7-2/h6-42H2,1-5H3. The fourth-order valence-corrected chi connectivity index (χ4v) is 8.39. The molecule has 0 spiro atoms. The van der Waals surface area contributed by atoms with Crippen molar-refractivity contribution in [1.82, 2.24) is 14.8 Å². The van der Waals surface area contributed by atoms with Gasteiger partial charge in [-0.1, -0.05) is 252 Å². The van der Waals surface area contributed by atoms with Crippen LogP contribution in [0.1, 0.15) is 265 Å². The molecule has 290 valence electrons. The first-order valence-electron chi connectivity index (χ1n) is 22.6. The van der Waals surface area contributed by atoms with Crippen molar-refractivity contribution in [1.29, 1.82) is 0 Å². The van der Waals surface area contributed by atoms with Crippen molar-refractivity contribution in [3.8, 4) is 0 Å². The number of aromatic nitrogens is 3. The van der Waals surface area contributed by atoms with Crippen LogP contribution >= 0.6 is 11.8 Å². The maximum absolute atomic E-state index is 5.13. The van der Waals surface area contributed by atoms with E-state index in [9.17, 15) is 0 Å². The number of hydrogen-bond acceptors (Lipinski definition) is 3. The van der Waals surface area contributed by atoms with E-state index < -0.39 is 0 Å². The van der Waals surface area contributed by atoms with Crippen molar-refractivity contribution in [2.75, 3.05) is 0 Å². The fraction of sp³-hybridized carbons (Fsp3) is 0.956. The first kappa shape index (κ1) is 46.5. The zero-order chi connectivity index (χ0) is 35.5. The number of nitrogens with zero attached hydrogens (tertiary/aromatic N) is 3. The molecule has 0 saturated heterocycles. The van der Waals surface area contributed by atoms with Gasteiger partial charge < -0.3 is 0 Å². The second kappa shape index (κ2) is 34.6. The molecule has 49 heavy (non-hydrogen) atoms.